The third-order valence-electron chi connectivity index (χ3n) is 3.89. The van der Waals surface area contributed by atoms with Crippen molar-refractivity contribution < 1.29 is 9.90 Å². The Morgan fingerprint density at radius 3 is 2.89 bits per heavy atom. The van der Waals surface area contributed by atoms with Crippen molar-refractivity contribution in [2.24, 2.45) is 5.92 Å². The van der Waals surface area contributed by atoms with E-state index in [9.17, 15) is 4.79 Å². The van der Waals surface area contributed by atoms with Gasteiger partial charge < -0.3 is 10.1 Å². The SMILES string of the molecule is Cc1cc2c(Cl)c(C(CC(=O)O)C3CC3)ccc2[nH]1. The van der Waals surface area contributed by atoms with Crippen molar-refractivity contribution in [1.82, 2.24) is 4.98 Å². The van der Waals surface area contributed by atoms with Gasteiger partial charge in [0.25, 0.3) is 0 Å². The Hall–Kier alpha value is -1.48. The van der Waals surface area contributed by atoms with Gasteiger partial charge >= 0.3 is 5.97 Å². The Morgan fingerprint density at radius 1 is 1.53 bits per heavy atom. The second kappa shape index (κ2) is 4.57. The van der Waals surface area contributed by atoms with E-state index in [4.69, 9.17) is 16.7 Å². The summed E-state index contributed by atoms with van der Waals surface area (Å²) in [5.41, 5.74) is 3.06. The molecule has 4 heteroatoms. The van der Waals surface area contributed by atoms with Crippen molar-refractivity contribution in [3.63, 3.8) is 0 Å². The Balaban J connectivity index is 2.06. The Labute approximate surface area is 116 Å². The highest BCUT2D eigenvalue weighted by molar-refractivity contribution is 6.36. The molecule has 1 aromatic carbocycles. The van der Waals surface area contributed by atoms with Crippen LogP contribution >= 0.6 is 11.6 Å². The summed E-state index contributed by atoms with van der Waals surface area (Å²) in [7, 11) is 0. The van der Waals surface area contributed by atoms with Crippen LogP contribution in [-0.4, -0.2) is 16.1 Å². The van der Waals surface area contributed by atoms with E-state index in [-0.39, 0.29) is 12.3 Å². The van der Waals surface area contributed by atoms with Crippen LogP contribution in [0.25, 0.3) is 10.9 Å². The number of hydrogen-bond acceptors (Lipinski definition) is 1. The highest BCUT2D eigenvalue weighted by Crippen LogP contribution is 2.47. The second-order valence-electron chi connectivity index (χ2n) is 5.42. The van der Waals surface area contributed by atoms with Crippen molar-refractivity contribution in [3.05, 3.63) is 34.5 Å². The van der Waals surface area contributed by atoms with E-state index in [1.165, 1.54) is 0 Å². The van der Waals surface area contributed by atoms with E-state index in [1.807, 2.05) is 25.1 Å². The molecule has 1 fully saturated rings. The van der Waals surface area contributed by atoms with E-state index in [2.05, 4.69) is 4.98 Å². The smallest absolute Gasteiger partial charge is 0.303 e. The fraction of sp³-hybridized carbons (Fsp3) is 0.400. The van der Waals surface area contributed by atoms with E-state index in [0.29, 0.717) is 10.9 Å². The van der Waals surface area contributed by atoms with Crippen molar-refractivity contribution in [2.75, 3.05) is 0 Å². The molecule has 1 aliphatic carbocycles. The third-order valence-corrected chi connectivity index (χ3v) is 4.31. The molecule has 2 N–H and O–H groups in total. The average molecular weight is 278 g/mol. The summed E-state index contributed by atoms with van der Waals surface area (Å²) in [4.78, 5) is 14.3. The second-order valence-corrected chi connectivity index (χ2v) is 5.80. The van der Waals surface area contributed by atoms with Crippen LogP contribution in [0.4, 0.5) is 0 Å². The van der Waals surface area contributed by atoms with Gasteiger partial charge in [0.05, 0.1) is 11.4 Å². The first-order valence-electron chi connectivity index (χ1n) is 6.56. The van der Waals surface area contributed by atoms with Crippen LogP contribution < -0.4 is 0 Å². The Bertz CT molecular complexity index is 643. The molecule has 1 saturated carbocycles. The maximum Gasteiger partial charge on any atom is 0.303 e. The topological polar surface area (TPSA) is 53.1 Å². The van der Waals surface area contributed by atoms with Gasteiger partial charge in [0.15, 0.2) is 0 Å². The van der Waals surface area contributed by atoms with Gasteiger partial charge in [-0.3, -0.25) is 4.79 Å². The summed E-state index contributed by atoms with van der Waals surface area (Å²) in [6.45, 7) is 1.99. The molecule has 1 atom stereocenters. The van der Waals surface area contributed by atoms with E-state index < -0.39 is 5.97 Å². The van der Waals surface area contributed by atoms with Gasteiger partial charge in [0, 0.05) is 16.6 Å². The lowest BCUT2D eigenvalue weighted by atomic mass is 9.90. The number of aromatic amines is 1. The highest BCUT2D eigenvalue weighted by atomic mass is 35.5. The number of aliphatic carboxylic acids is 1. The zero-order valence-electron chi connectivity index (χ0n) is 10.7. The number of halogens is 1. The number of carboxylic acids is 1. The quantitative estimate of drug-likeness (QED) is 0.884. The molecule has 0 aliphatic heterocycles. The molecule has 0 spiro atoms. The predicted octanol–water partition coefficient (Wildman–Crippen LogP) is 4.10. The standard InChI is InChI=1S/C15H16ClNO2/c1-8-6-12-13(17-8)5-4-10(15(12)16)11(7-14(18)19)9-2-3-9/h4-6,9,11,17H,2-3,7H2,1H3,(H,18,19). The molecular formula is C15H16ClNO2. The molecule has 1 heterocycles. The van der Waals surface area contributed by atoms with Gasteiger partial charge in [-0.25, -0.2) is 0 Å². The van der Waals surface area contributed by atoms with Crippen molar-refractivity contribution in [3.8, 4) is 0 Å². The summed E-state index contributed by atoms with van der Waals surface area (Å²) < 4.78 is 0. The first-order valence-corrected chi connectivity index (χ1v) is 6.93. The number of nitrogens with one attached hydrogen (secondary N) is 1. The number of H-pyrrole nitrogens is 1. The minimum atomic E-state index is -0.752. The highest BCUT2D eigenvalue weighted by Gasteiger charge is 2.35. The maximum atomic E-state index is 11.0. The van der Waals surface area contributed by atoms with Crippen LogP contribution in [-0.2, 0) is 4.79 Å². The summed E-state index contributed by atoms with van der Waals surface area (Å²) in [6, 6.07) is 6.00. The monoisotopic (exact) mass is 277 g/mol. The zero-order chi connectivity index (χ0) is 13.6. The number of fused-ring (bicyclic) bond motifs is 1. The van der Waals surface area contributed by atoms with Gasteiger partial charge in [0.2, 0.25) is 0 Å². The van der Waals surface area contributed by atoms with Crippen molar-refractivity contribution >= 4 is 28.5 Å². The molecule has 19 heavy (non-hydrogen) atoms. The largest absolute Gasteiger partial charge is 0.481 e. The number of aryl methyl sites for hydroxylation is 1. The summed E-state index contributed by atoms with van der Waals surface area (Å²) in [5.74, 6) is -0.228. The van der Waals surface area contributed by atoms with Crippen LogP contribution in [0, 0.1) is 12.8 Å². The molecule has 3 rings (SSSR count). The lowest BCUT2D eigenvalue weighted by molar-refractivity contribution is -0.137. The summed E-state index contributed by atoms with van der Waals surface area (Å²) >= 11 is 6.49. The van der Waals surface area contributed by atoms with Gasteiger partial charge in [-0.2, -0.15) is 0 Å². The van der Waals surface area contributed by atoms with Crippen molar-refractivity contribution in [1.29, 1.82) is 0 Å². The van der Waals surface area contributed by atoms with Crippen LogP contribution in [0.1, 0.15) is 36.4 Å². The Morgan fingerprint density at radius 2 is 2.26 bits per heavy atom. The fourth-order valence-corrected chi connectivity index (χ4v) is 3.19. The summed E-state index contributed by atoms with van der Waals surface area (Å²) in [5, 5.41) is 10.8. The molecule has 0 saturated heterocycles. The van der Waals surface area contributed by atoms with Gasteiger partial charge in [-0.15, -0.1) is 0 Å². The molecule has 0 bridgehead atoms. The first-order chi connectivity index (χ1) is 9.06. The third kappa shape index (κ3) is 2.35. The number of benzene rings is 1. The normalized spacial score (nSPS) is 16.7. The number of aromatic nitrogens is 1. The molecule has 0 amide bonds. The van der Waals surface area contributed by atoms with E-state index in [1.54, 1.807) is 0 Å². The van der Waals surface area contributed by atoms with Crippen LogP contribution in [0.3, 0.4) is 0 Å². The predicted molar refractivity (Wildman–Crippen MR) is 75.8 cm³/mol. The maximum absolute atomic E-state index is 11.0. The Kier molecular flexibility index (Phi) is 3.02. The number of carbonyl (C=O) groups is 1. The zero-order valence-corrected chi connectivity index (χ0v) is 11.5. The molecule has 1 aliphatic rings. The lowest BCUT2D eigenvalue weighted by Crippen LogP contribution is -2.09. The molecule has 0 radical (unpaired) electrons. The molecule has 2 aromatic rings. The van der Waals surface area contributed by atoms with Crippen LogP contribution in [0.2, 0.25) is 5.02 Å². The molecule has 1 unspecified atom stereocenters. The number of hydrogen-bond donors (Lipinski definition) is 2. The fourth-order valence-electron chi connectivity index (χ4n) is 2.83. The minimum Gasteiger partial charge on any atom is -0.481 e. The number of carboxylic acid groups (broad SMARTS) is 1. The van der Waals surface area contributed by atoms with Gasteiger partial charge in [-0.05, 0) is 49.3 Å². The first kappa shape index (κ1) is 12.5. The van der Waals surface area contributed by atoms with Gasteiger partial charge in [-0.1, -0.05) is 17.7 Å². The summed E-state index contributed by atoms with van der Waals surface area (Å²) in [6.07, 6.45) is 2.39. The van der Waals surface area contributed by atoms with E-state index in [0.717, 1.165) is 35.0 Å². The minimum absolute atomic E-state index is 0.0459. The number of rotatable bonds is 4. The van der Waals surface area contributed by atoms with Crippen molar-refractivity contribution in [2.45, 2.75) is 32.1 Å². The molecular weight excluding hydrogens is 262 g/mol. The van der Waals surface area contributed by atoms with Crippen LogP contribution in [0.15, 0.2) is 18.2 Å². The van der Waals surface area contributed by atoms with Crippen LogP contribution in [0.5, 0.6) is 0 Å². The van der Waals surface area contributed by atoms with Gasteiger partial charge in [0.1, 0.15) is 0 Å². The average Bonchev–Trinajstić information content (AvgIpc) is 3.10. The lowest BCUT2D eigenvalue weighted by Gasteiger charge is -2.16. The molecule has 1 aromatic heterocycles. The molecule has 3 nitrogen and oxygen atoms in total. The van der Waals surface area contributed by atoms with E-state index >= 15 is 0 Å². The molecule has 100 valence electrons.